The number of nitrogens with one attached hydrogen (secondary N) is 1. The van der Waals surface area contributed by atoms with Crippen LogP contribution in [0.2, 0.25) is 0 Å². The molecule has 0 spiro atoms. The van der Waals surface area contributed by atoms with Crippen molar-refractivity contribution >= 4 is 23.4 Å². The summed E-state index contributed by atoms with van der Waals surface area (Å²) in [6, 6.07) is 17.8. The van der Waals surface area contributed by atoms with Gasteiger partial charge < -0.3 is 5.32 Å². The number of hydrogen-bond donors (Lipinski definition) is 1. The lowest BCUT2D eigenvalue weighted by molar-refractivity contribution is -0.147. The highest BCUT2D eigenvalue weighted by Crippen LogP contribution is 2.53. The molecular formula is C24H22N2O3. The smallest absolute Gasteiger partial charge is 0.248 e. The molecule has 2 aromatic rings. The Morgan fingerprint density at radius 1 is 0.897 bits per heavy atom. The molecule has 5 nitrogen and oxygen atoms in total. The number of carbonyl (C=O) groups is 3. The second-order valence-corrected chi connectivity index (χ2v) is 8.11. The van der Waals surface area contributed by atoms with Crippen LogP contribution < -0.4 is 5.32 Å². The Hall–Kier alpha value is -3.21. The summed E-state index contributed by atoms with van der Waals surface area (Å²) < 4.78 is 0. The zero-order valence-corrected chi connectivity index (χ0v) is 15.9. The molecule has 146 valence electrons. The van der Waals surface area contributed by atoms with Crippen LogP contribution in [0.25, 0.3) is 0 Å². The summed E-state index contributed by atoms with van der Waals surface area (Å²) >= 11 is 0. The molecule has 2 fully saturated rings. The van der Waals surface area contributed by atoms with E-state index in [2.05, 4.69) is 17.5 Å². The van der Waals surface area contributed by atoms with Crippen molar-refractivity contribution in [3.8, 4) is 0 Å². The van der Waals surface area contributed by atoms with Gasteiger partial charge in [0.25, 0.3) is 0 Å². The molecule has 5 atom stereocenters. The van der Waals surface area contributed by atoms with Gasteiger partial charge in [-0.15, -0.1) is 0 Å². The third-order valence-corrected chi connectivity index (χ3v) is 6.43. The van der Waals surface area contributed by atoms with Crippen LogP contribution in [0.4, 0.5) is 5.69 Å². The normalized spacial score (nSPS) is 27.9. The third kappa shape index (κ3) is 2.97. The van der Waals surface area contributed by atoms with E-state index < -0.39 is 6.04 Å². The molecule has 0 aromatic heterocycles. The minimum absolute atomic E-state index is 0.126. The molecular weight excluding hydrogens is 364 g/mol. The number of benzene rings is 2. The van der Waals surface area contributed by atoms with Crippen LogP contribution in [-0.4, -0.2) is 28.7 Å². The molecule has 1 N–H and O–H groups in total. The quantitative estimate of drug-likeness (QED) is 0.634. The lowest BCUT2D eigenvalue weighted by Gasteiger charge is -2.27. The second-order valence-electron chi connectivity index (χ2n) is 8.11. The first-order valence-electron chi connectivity index (χ1n) is 10.1. The minimum Gasteiger partial charge on any atom is -0.324 e. The maximum Gasteiger partial charge on any atom is 0.248 e. The molecule has 1 aliphatic heterocycles. The number of amides is 3. The van der Waals surface area contributed by atoms with Crippen molar-refractivity contribution in [3.63, 3.8) is 0 Å². The number of allylic oxidation sites excluding steroid dienone is 2. The van der Waals surface area contributed by atoms with Gasteiger partial charge >= 0.3 is 0 Å². The molecule has 1 heterocycles. The Labute approximate surface area is 169 Å². The molecule has 2 aromatic carbocycles. The first-order chi connectivity index (χ1) is 14.1. The van der Waals surface area contributed by atoms with E-state index in [4.69, 9.17) is 0 Å². The predicted molar refractivity (Wildman–Crippen MR) is 109 cm³/mol. The number of likely N-dealkylation sites (tertiary alicyclic amines) is 1. The minimum atomic E-state index is -0.859. The number of rotatable bonds is 5. The largest absolute Gasteiger partial charge is 0.324 e. The highest BCUT2D eigenvalue weighted by molar-refractivity contribution is 6.10. The fourth-order valence-corrected chi connectivity index (χ4v) is 5.12. The van der Waals surface area contributed by atoms with Gasteiger partial charge in [0.15, 0.2) is 0 Å². The maximum atomic E-state index is 13.3. The molecule has 3 amide bonds. The van der Waals surface area contributed by atoms with Crippen LogP contribution in [0.5, 0.6) is 0 Å². The molecule has 1 saturated heterocycles. The summed E-state index contributed by atoms with van der Waals surface area (Å²) in [4.78, 5) is 41.0. The lowest BCUT2D eigenvalue weighted by Crippen LogP contribution is -2.49. The standard InChI is InChI=1S/C24H22N2O3/c27-22(25-18-9-5-2-6-10-18)19(13-15-7-3-1-4-8-15)26-23(28)20-16-11-12-17(14-16)21(20)24(26)29/h1-12,16-17,19-21H,13-14H2,(H,25,27)/t16-,17-,19+,20-,21+/m0/s1. The van der Waals surface area contributed by atoms with E-state index >= 15 is 0 Å². The number of para-hydroxylation sites is 1. The van der Waals surface area contributed by atoms with E-state index in [9.17, 15) is 14.4 Å². The van der Waals surface area contributed by atoms with Gasteiger partial charge in [-0.05, 0) is 36.0 Å². The van der Waals surface area contributed by atoms with Gasteiger partial charge in [-0.2, -0.15) is 0 Å². The zero-order valence-electron chi connectivity index (χ0n) is 15.9. The topological polar surface area (TPSA) is 66.5 Å². The van der Waals surface area contributed by atoms with E-state index in [1.54, 1.807) is 12.1 Å². The van der Waals surface area contributed by atoms with Gasteiger partial charge in [0, 0.05) is 12.1 Å². The fourth-order valence-electron chi connectivity index (χ4n) is 5.12. The summed E-state index contributed by atoms with van der Waals surface area (Å²) in [5.74, 6) is -1.08. The molecule has 2 aliphatic carbocycles. The molecule has 2 bridgehead atoms. The van der Waals surface area contributed by atoms with Crippen molar-refractivity contribution in [2.24, 2.45) is 23.7 Å². The number of anilines is 1. The van der Waals surface area contributed by atoms with Crippen molar-refractivity contribution < 1.29 is 14.4 Å². The molecule has 0 radical (unpaired) electrons. The summed E-state index contributed by atoms with van der Waals surface area (Å²) in [7, 11) is 0. The van der Waals surface area contributed by atoms with E-state index in [1.807, 2.05) is 48.5 Å². The van der Waals surface area contributed by atoms with E-state index in [0.717, 1.165) is 12.0 Å². The van der Waals surface area contributed by atoms with Crippen molar-refractivity contribution in [2.45, 2.75) is 18.9 Å². The molecule has 1 saturated carbocycles. The average molecular weight is 386 g/mol. The number of nitrogens with zero attached hydrogens (tertiary/aromatic N) is 1. The van der Waals surface area contributed by atoms with Gasteiger partial charge in [0.05, 0.1) is 11.8 Å². The van der Waals surface area contributed by atoms with Gasteiger partial charge in [-0.25, -0.2) is 0 Å². The van der Waals surface area contributed by atoms with E-state index in [0.29, 0.717) is 12.1 Å². The van der Waals surface area contributed by atoms with Gasteiger partial charge in [0.1, 0.15) is 6.04 Å². The SMILES string of the molecule is O=C(Nc1ccccc1)[C@@H](Cc1ccccc1)N1C(=O)[C@@H]2[C@H](C1=O)[C@H]1C=C[C@H]2C1. The molecule has 0 unspecified atom stereocenters. The van der Waals surface area contributed by atoms with Gasteiger partial charge in [0.2, 0.25) is 17.7 Å². The number of carbonyl (C=O) groups excluding carboxylic acids is 3. The Balaban J connectivity index is 1.46. The van der Waals surface area contributed by atoms with Crippen molar-refractivity contribution in [1.82, 2.24) is 4.90 Å². The van der Waals surface area contributed by atoms with E-state index in [1.165, 1.54) is 4.90 Å². The highest BCUT2D eigenvalue weighted by Gasteiger charge is 2.61. The van der Waals surface area contributed by atoms with E-state index in [-0.39, 0.29) is 41.4 Å². The zero-order chi connectivity index (χ0) is 20.0. The van der Waals surface area contributed by atoms with Gasteiger partial charge in [-0.1, -0.05) is 60.7 Å². The fraction of sp³-hybridized carbons (Fsp3) is 0.292. The average Bonchev–Trinajstić information content (AvgIpc) is 3.42. The van der Waals surface area contributed by atoms with Crippen LogP contribution in [0.15, 0.2) is 72.8 Å². The van der Waals surface area contributed by atoms with Crippen molar-refractivity contribution in [1.29, 1.82) is 0 Å². The van der Waals surface area contributed by atoms with Crippen LogP contribution in [0.1, 0.15) is 12.0 Å². The Kier molecular flexibility index (Phi) is 4.31. The van der Waals surface area contributed by atoms with Crippen molar-refractivity contribution in [3.05, 3.63) is 78.4 Å². The monoisotopic (exact) mass is 386 g/mol. The number of hydrogen-bond acceptors (Lipinski definition) is 3. The lowest BCUT2D eigenvalue weighted by atomic mass is 9.85. The van der Waals surface area contributed by atoms with Crippen LogP contribution >= 0.6 is 0 Å². The molecule has 3 aliphatic rings. The summed E-state index contributed by atoms with van der Waals surface area (Å²) in [6.07, 6.45) is 5.31. The Morgan fingerprint density at radius 2 is 1.45 bits per heavy atom. The molecule has 5 heteroatoms. The Bertz CT molecular complexity index is 956. The molecule has 29 heavy (non-hydrogen) atoms. The first kappa shape index (κ1) is 17.9. The first-order valence-corrected chi connectivity index (χ1v) is 10.1. The van der Waals surface area contributed by atoms with Crippen LogP contribution in [-0.2, 0) is 20.8 Å². The summed E-state index contributed by atoms with van der Waals surface area (Å²) in [5.41, 5.74) is 1.57. The Morgan fingerprint density at radius 3 is 2.03 bits per heavy atom. The van der Waals surface area contributed by atoms with Gasteiger partial charge in [-0.3, -0.25) is 19.3 Å². The third-order valence-electron chi connectivity index (χ3n) is 6.43. The number of fused-ring (bicyclic) bond motifs is 5. The molecule has 5 rings (SSSR count). The number of imide groups is 1. The van der Waals surface area contributed by atoms with Crippen LogP contribution in [0, 0.1) is 23.7 Å². The second kappa shape index (κ2) is 6.99. The summed E-state index contributed by atoms with van der Waals surface area (Å²) in [6.45, 7) is 0. The maximum absolute atomic E-state index is 13.3. The highest BCUT2D eigenvalue weighted by atomic mass is 16.2. The summed E-state index contributed by atoms with van der Waals surface area (Å²) in [5, 5.41) is 2.88. The predicted octanol–water partition coefficient (Wildman–Crippen LogP) is 3.04. The van der Waals surface area contributed by atoms with Crippen molar-refractivity contribution in [2.75, 3.05) is 5.32 Å². The van der Waals surface area contributed by atoms with Crippen LogP contribution in [0.3, 0.4) is 0 Å².